The average Bonchev–Trinajstić information content (AvgIpc) is 3.10. The van der Waals surface area contributed by atoms with E-state index < -0.39 is 16.7 Å². The molecule has 0 aliphatic heterocycles. The van der Waals surface area contributed by atoms with E-state index in [4.69, 9.17) is 4.74 Å². The first kappa shape index (κ1) is 15.3. The summed E-state index contributed by atoms with van der Waals surface area (Å²) in [7, 11) is 0. The molecule has 0 fully saturated rings. The molecule has 7 nitrogen and oxygen atoms in total. The summed E-state index contributed by atoms with van der Waals surface area (Å²) in [4.78, 5) is 26.6. The highest BCUT2D eigenvalue weighted by Gasteiger charge is 2.20. The minimum Gasteiger partial charge on any atom is -0.420 e. The van der Waals surface area contributed by atoms with Crippen molar-refractivity contribution < 1.29 is 18.8 Å². The number of para-hydroxylation sites is 1. The predicted octanol–water partition coefficient (Wildman–Crippen LogP) is 3.14. The zero-order valence-corrected chi connectivity index (χ0v) is 12.1. The van der Waals surface area contributed by atoms with Crippen molar-refractivity contribution in [3.05, 3.63) is 82.7 Å². The first-order chi connectivity index (χ1) is 11.6. The third-order valence-electron chi connectivity index (χ3n) is 3.23. The smallest absolute Gasteiger partial charge is 0.343 e. The van der Waals surface area contributed by atoms with Gasteiger partial charge in [0, 0.05) is 18.5 Å². The van der Waals surface area contributed by atoms with Crippen LogP contribution in [0.5, 0.6) is 5.75 Å². The Morgan fingerprint density at radius 2 is 2.04 bits per heavy atom. The van der Waals surface area contributed by atoms with Crippen molar-refractivity contribution in [1.82, 2.24) is 9.55 Å². The molecule has 0 saturated heterocycles. The van der Waals surface area contributed by atoms with Gasteiger partial charge in [0.2, 0.25) is 0 Å². The minimum atomic E-state index is -0.889. The van der Waals surface area contributed by atoms with Crippen molar-refractivity contribution >= 4 is 11.7 Å². The van der Waals surface area contributed by atoms with Gasteiger partial charge in [0.1, 0.15) is 5.69 Å². The number of nitro benzene ring substituents is 1. The number of esters is 1. The SMILES string of the molecule is O=C(Oc1ccccc1F)c1ccc(-n2ccnc2)c([N+](=O)[O-])c1. The second kappa shape index (κ2) is 6.29. The van der Waals surface area contributed by atoms with E-state index in [0.29, 0.717) is 0 Å². The Bertz CT molecular complexity index is 909. The number of carbonyl (C=O) groups excluding carboxylic acids is 1. The summed E-state index contributed by atoms with van der Waals surface area (Å²) in [6, 6.07) is 9.25. The van der Waals surface area contributed by atoms with Crippen molar-refractivity contribution in [3.8, 4) is 11.4 Å². The third-order valence-corrected chi connectivity index (χ3v) is 3.23. The number of hydrogen-bond acceptors (Lipinski definition) is 5. The second-order valence-electron chi connectivity index (χ2n) is 4.75. The number of carbonyl (C=O) groups is 1. The molecule has 1 heterocycles. The first-order valence-corrected chi connectivity index (χ1v) is 6.80. The molecule has 0 aliphatic rings. The van der Waals surface area contributed by atoms with E-state index in [1.54, 1.807) is 6.20 Å². The minimum absolute atomic E-state index is 0.0613. The van der Waals surface area contributed by atoms with Gasteiger partial charge < -0.3 is 9.30 Å². The number of aromatic nitrogens is 2. The van der Waals surface area contributed by atoms with E-state index in [0.717, 1.165) is 12.1 Å². The molecule has 3 rings (SSSR count). The van der Waals surface area contributed by atoms with Crippen LogP contribution in [0.3, 0.4) is 0 Å². The van der Waals surface area contributed by atoms with Gasteiger partial charge >= 0.3 is 5.97 Å². The van der Waals surface area contributed by atoms with Gasteiger partial charge in [-0.15, -0.1) is 0 Å². The summed E-state index contributed by atoms with van der Waals surface area (Å²) in [5, 5.41) is 11.3. The molecule has 0 radical (unpaired) electrons. The lowest BCUT2D eigenvalue weighted by Crippen LogP contribution is -2.10. The molecule has 120 valence electrons. The van der Waals surface area contributed by atoms with E-state index in [9.17, 15) is 19.3 Å². The van der Waals surface area contributed by atoms with Gasteiger partial charge in [-0.1, -0.05) is 12.1 Å². The topological polar surface area (TPSA) is 87.3 Å². The number of imidazole rings is 1. The van der Waals surface area contributed by atoms with Crippen LogP contribution in [-0.2, 0) is 0 Å². The first-order valence-electron chi connectivity index (χ1n) is 6.80. The molecule has 0 amide bonds. The molecule has 0 atom stereocenters. The largest absolute Gasteiger partial charge is 0.420 e. The lowest BCUT2D eigenvalue weighted by atomic mass is 10.1. The molecule has 0 spiro atoms. The normalized spacial score (nSPS) is 10.4. The van der Waals surface area contributed by atoms with Gasteiger partial charge in [-0.3, -0.25) is 10.1 Å². The molecule has 24 heavy (non-hydrogen) atoms. The molecule has 0 N–H and O–H groups in total. The van der Waals surface area contributed by atoms with Crippen LogP contribution in [0.2, 0.25) is 0 Å². The van der Waals surface area contributed by atoms with Crippen LogP contribution in [-0.4, -0.2) is 20.4 Å². The van der Waals surface area contributed by atoms with Gasteiger partial charge in [-0.2, -0.15) is 0 Å². The Morgan fingerprint density at radius 3 is 2.71 bits per heavy atom. The maximum Gasteiger partial charge on any atom is 0.343 e. The Kier molecular flexibility index (Phi) is 4.02. The number of rotatable bonds is 4. The lowest BCUT2D eigenvalue weighted by molar-refractivity contribution is -0.384. The Morgan fingerprint density at radius 1 is 1.25 bits per heavy atom. The van der Waals surface area contributed by atoms with Crippen molar-refractivity contribution in [2.75, 3.05) is 0 Å². The van der Waals surface area contributed by atoms with Crippen molar-refractivity contribution in [3.63, 3.8) is 0 Å². The fourth-order valence-electron chi connectivity index (χ4n) is 2.10. The molecule has 0 bridgehead atoms. The average molecular weight is 327 g/mol. The fourth-order valence-corrected chi connectivity index (χ4v) is 2.10. The molecular weight excluding hydrogens is 317 g/mol. The van der Waals surface area contributed by atoms with Crippen molar-refractivity contribution in [2.45, 2.75) is 0 Å². The zero-order valence-electron chi connectivity index (χ0n) is 12.1. The van der Waals surface area contributed by atoms with E-state index in [1.807, 2.05) is 0 Å². The van der Waals surface area contributed by atoms with Crippen LogP contribution in [0.15, 0.2) is 61.2 Å². The number of benzene rings is 2. The lowest BCUT2D eigenvalue weighted by Gasteiger charge is -2.07. The number of nitro groups is 1. The summed E-state index contributed by atoms with van der Waals surface area (Å²) < 4.78 is 19.9. The molecular formula is C16H10FN3O4. The number of nitrogens with zero attached hydrogens (tertiary/aromatic N) is 3. The van der Waals surface area contributed by atoms with Crippen molar-refractivity contribution in [2.24, 2.45) is 0 Å². The summed E-state index contributed by atoms with van der Waals surface area (Å²) in [5.41, 5.74) is -0.107. The highest BCUT2D eigenvalue weighted by Crippen LogP contribution is 2.25. The molecule has 1 aromatic heterocycles. The Balaban J connectivity index is 1.94. The van der Waals surface area contributed by atoms with E-state index in [-0.39, 0.29) is 22.7 Å². The van der Waals surface area contributed by atoms with Gasteiger partial charge in [0.15, 0.2) is 11.6 Å². The van der Waals surface area contributed by atoms with Gasteiger partial charge in [0.25, 0.3) is 5.69 Å². The summed E-state index contributed by atoms with van der Waals surface area (Å²) in [6.07, 6.45) is 4.42. The summed E-state index contributed by atoms with van der Waals surface area (Å²) in [6.45, 7) is 0. The highest BCUT2D eigenvalue weighted by molar-refractivity contribution is 5.92. The third kappa shape index (κ3) is 2.98. The predicted molar refractivity (Wildman–Crippen MR) is 81.6 cm³/mol. The van der Waals surface area contributed by atoms with E-state index in [1.165, 1.54) is 47.4 Å². The molecule has 3 aromatic rings. The number of ether oxygens (including phenoxy) is 1. The molecule has 0 aliphatic carbocycles. The number of halogens is 1. The van der Waals surface area contributed by atoms with Crippen LogP contribution in [0.25, 0.3) is 5.69 Å². The molecule has 2 aromatic carbocycles. The maximum atomic E-state index is 13.5. The van der Waals surface area contributed by atoms with Gasteiger partial charge in [-0.25, -0.2) is 14.2 Å². The highest BCUT2D eigenvalue weighted by atomic mass is 19.1. The van der Waals surface area contributed by atoms with Crippen LogP contribution in [0.1, 0.15) is 10.4 Å². The maximum absolute atomic E-state index is 13.5. The molecule has 8 heteroatoms. The van der Waals surface area contributed by atoms with Gasteiger partial charge in [0.05, 0.1) is 16.8 Å². The quantitative estimate of drug-likeness (QED) is 0.318. The fraction of sp³-hybridized carbons (Fsp3) is 0. The Hall–Kier alpha value is -3.55. The standard InChI is InChI=1S/C16H10FN3O4/c17-12-3-1-2-4-15(12)24-16(21)11-5-6-13(14(9-11)20(22)23)19-8-7-18-10-19/h1-10H. The van der Waals surface area contributed by atoms with E-state index in [2.05, 4.69) is 4.98 Å². The molecule has 0 unspecified atom stereocenters. The van der Waals surface area contributed by atoms with Crippen molar-refractivity contribution in [1.29, 1.82) is 0 Å². The van der Waals surface area contributed by atoms with Crippen LogP contribution in [0.4, 0.5) is 10.1 Å². The van der Waals surface area contributed by atoms with Crippen LogP contribution >= 0.6 is 0 Å². The monoisotopic (exact) mass is 327 g/mol. The molecule has 0 saturated carbocycles. The van der Waals surface area contributed by atoms with Crippen LogP contribution in [0, 0.1) is 15.9 Å². The zero-order chi connectivity index (χ0) is 17.1. The number of hydrogen-bond donors (Lipinski definition) is 0. The summed E-state index contributed by atoms with van der Waals surface area (Å²) >= 11 is 0. The summed E-state index contributed by atoms with van der Waals surface area (Å²) in [5.74, 6) is -1.83. The Labute approximate surface area is 135 Å². The van der Waals surface area contributed by atoms with Crippen LogP contribution < -0.4 is 4.74 Å². The van der Waals surface area contributed by atoms with Gasteiger partial charge in [-0.05, 0) is 24.3 Å². The second-order valence-corrected chi connectivity index (χ2v) is 4.75. The van der Waals surface area contributed by atoms with E-state index >= 15 is 0 Å².